The zero-order valence-electron chi connectivity index (χ0n) is 12.9. The van der Waals surface area contributed by atoms with E-state index in [0.29, 0.717) is 18.5 Å². The number of carbonyl (C=O) groups is 1. The van der Waals surface area contributed by atoms with Gasteiger partial charge in [-0.3, -0.25) is 4.79 Å². The van der Waals surface area contributed by atoms with Crippen molar-refractivity contribution in [2.24, 2.45) is 5.92 Å². The predicted octanol–water partition coefficient (Wildman–Crippen LogP) is 3.79. The normalized spacial score (nSPS) is 23.6. The van der Waals surface area contributed by atoms with E-state index in [9.17, 15) is 4.79 Å². The van der Waals surface area contributed by atoms with Gasteiger partial charge in [0.1, 0.15) is 0 Å². The molecule has 1 saturated carbocycles. The molecule has 116 valence electrons. The number of benzene rings is 1. The molecule has 0 heterocycles. The summed E-state index contributed by atoms with van der Waals surface area (Å²) in [5.74, 6) is 0.705. The van der Waals surface area contributed by atoms with Crippen LogP contribution in [0.25, 0.3) is 0 Å². The first-order chi connectivity index (χ1) is 10.1. The highest BCUT2D eigenvalue weighted by molar-refractivity contribution is 9.10. The van der Waals surface area contributed by atoms with Crippen LogP contribution in [0.15, 0.2) is 28.7 Å². The van der Waals surface area contributed by atoms with Crippen molar-refractivity contribution in [2.75, 3.05) is 6.54 Å². The van der Waals surface area contributed by atoms with E-state index in [1.165, 1.54) is 24.8 Å². The molecule has 3 nitrogen and oxygen atoms in total. The number of carbonyl (C=O) groups excluding carboxylic acids is 1. The van der Waals surface area contributed by atoms with E-state index in [0.717, 1.165) is 10.9 Å². The average Bonchev–Trinajstić information content (AvgIpc) is 2.48. The van der Waals surface area contributed by atoms with Gasteiger partial charge in [0.05, 0.1) is 6.54 Å². The SMILES string of the molecule is C[C@H](NCC(=O)N[C@H]1CCCC[C@@H]1C)c1ccccc1Br. The van der Waals surface area contributed by atoms with Crippen molar-refractivity contribution in [1.29, 1.82) is 0 Å². The number of hydrogen-bond acceptors (Lipinski definition) is 2. The molecule has 0 radical (unpaired) electrons. The van der Waals surface area contributed by atoms with Crippen LogP contribution in [0, 0.1) is 5.92 Å². The van der Waals surface area contributed by atoms with Crippen LogP contribution < -0.4 is 10.6 Å². The van der Waals surface area contributed by atoms with Gasteiger partial charge in [0, 0.05) is 16.6 Å². The van der Waals surface area contributed by atoms with E-state index in [4.69, 9.17) is 0 Å². The summed E-state index contributed by atoms with van der Waals surface area (Å²) in [5.41, 5.74) is 1.18. The third-order valence-electron chi connectivity index (χ3n) is 4.40. The maximum atomic E-state index is 12.1. The van der Waals surface area contributed by atoms with Crippen molar-refractivity contribution in [2.45, 2.75) is 51.6 Å². The Bertz CT molecular complexity index is 478. The fraction of sp³-hybridized carbons (Fsp3) is 0.588. The van der Waals surface area contributed by atoms with Gasteiger partial charge >= 0.3 is 0 Å². The van der Waals surface area contributed by atoms with Crippen LogP contribution in [-0.2, 0) is 4.79 Å². The first kappa shape index (κ1) is 16.5. The second kappa shape index (κ2) is 7.95. The quantitative estimate of drug-likeness (QED) is 0.846. The second-order valence-electron chi connectivity index (χ2n) is 6.06. The molecule has 1 aromatic rings. The molecule has 3 atom stereocenters. The fourth-order valence-electron chi connectivity index (χ4n) is 2.97. The highest BCUT2D eigenvalue weighted by Crippen LogP contribution is 2.24. The minimum absolute atomic E-state index is 0.104. The fourth-order valence-corrected chi connectivity index (χ4v) is 3.60. The van der Waals surface area contributed by atoms with Gasteiger partial charge < -0.3 is 10.6 Å². The van der Waals surface area contributed by atoms with E-state index in [2.05, 4.69) is 46.5 Å². The van der Waals surface area contributed by atoms with E-state index in [1.54, 1.807) is 0 Å². The third kappa shape index (κ3) is 4.82. The zero-order valence-corrected chi connectivity index (χ0v) is 14.4. The third-order valence-corrected chi connectivity index (χ3v) is 5.12. The number of halogens is 1. The van der Waals surface area contributed by atoms with E-state index < -0.39 is 0 Å². The highest BCUT2D eigenvalue weighted by atomic mass is 79.9. The molecule has 1 amide bonds. The molecule has 0 aliphatic heterocycles. The Morgan fingerprint density at radius 2 is 2.05 bits per heavy atom. The molecule has 0 unspecified atom stereocenters. The summed E-state index contributed by atoms with van der Waals surface area (Å²) in [5, 5.41) is 6.48. The van der Waals surface area contributed by atoms with E-state index in [1.807, 2.05) is 18.2 Å². The maximum absolute atomic E-state index is 12.1. The van der Waals surface area contributed by atoms with Gasteiger partial charge in [0.25, 0.3) is 0 Å². The molecular weight excluding hydrogens is 328 g/mol. The molecule has 0 saturated heterocycles. The number of nitrogens with one attached hydrogen (secondary N) is 2. The summed E-state index contributed by atoms with van der Waals surface area (Å²) in [6, 6.07) is 8.61. The summed E-state index contributed by atoms with van der Waals surface area (Å²) >= 11 is 3.55. The van der Waals surface area contributed by atoms with Gasteiger partial charge in [0.2, 0.25) is 5.91 Å². The largest absolute Gasteiger partial charge is 0.352 e. The molecule has 1 aromatic carbocycles. The smallest absolute Gasteiger partial charge is 0.234 e. The van der Waals surface area contributed by atoms with Crippen molar-refractivity contribution in [3.63, 3.8) is 0 Å². The van der Waals surface area contributed by atoms with Crippen LogP contribution in [0.4, 0.5) is 0 Å². The van der Waals surface area contributed by atoms with Crippen molar-refractivity contribution in [1.82, 2.24) is 10.6 Å². The zero-order chi connectivity index (χ0) is 15.2. The lowest BCUT2D eigenvalue weighted by atomic mass is 9.86. The Kier molecular flexibility index (Phi) is 6.24. The number of amides is 1. The van der Waals surface area contributed by atoms with Crippen molar-refractivity contribution >= 4 is 21.8 Å². The molecule has 2 rings (SSSR count). The van der Waals surface area contributed by atoms with Gasteiger partial charge in [-0.2, -0.15) is 0 Å². The lowest BCUT2D eigenvalue weighted by Gasteiger charge is -2.29. The molecule has 21 heavy (non-hydrogen) atoms. The Labute approximate surface area is 136 Å². The molecular formula is C17H25BrN2O. The molecule has 1 aliphatic rings. The maximum Gasteiger partial charge on any atom is 0.234 e. The second-order valence-corrected chi connectivity index (χ2v) is 6.91. The van der Waals surface area contributed by atoms with Crippen molar-refractivity contribution < 1.29 is 4.79 Å². The molecule has 0 bridgehead atoms. The van der Waals surface area contributed by atoms with Gasteiger partial charge in [0.15, 0.2) is 0 Å². The van der Waals surface area contributed by atoms with E-state index >= 15 is 0 Å². The summed E-state index contributed by atoms with van der Waals surface area (Å²) in [4.78, 5) is 12.1. The number of rotatable bonds is 5. The predicted molar refractivity (Wildman–Crippen MR) is 90.1 cm³/mol. The molecule has 1 aliphatic carbocycles. The van der Waals surface area contributed by atoms with Gasteiger partial charge in [-0.15, -0.1) is 0 Å². The molecule has 1 fully saturated rings. The Morgan fingerprint density at radius 1 is 1.33 bits per heavy atom. The molecule has 2 N–H and O–H groups in total. The first-order valence-electron chi connectivity index (χ1n) is 7.85. The lowest BCUT2D eigenvalue weighted by molar-refractivity contribution is -0.121. The van der Waals surface area contributed by atoms with Crippen LogP contribution in [-0.4, -0.2) is 18.5 Å². The van der Waals surface area contributed by atoms with Crippen LogP contribution in [0.1, 0.15) is 51.1 Å². The lowest BCUT2D eigenvalue weighted by Crippen LogP contribution is -2.45. The first-order valence-corrected chi connectivity index (χ1v) is 8.64. The van der Waals surface area contributed by atoms with Crippen molar-refractivity contribution in [3.05, 3.63) is 34.3 Å². The molecule has 4 heteroatoms. The summed E-state index contributed by atoms with van der Waals surface area (Å²) in [6.45, 7) is 4.68. The van der Waals surface area contributed by atoms with Gasteiger partial charge in [-0.25, -0.2) is 0 Å². The van der Waals surface area contributed by atoms with Crippen LogP contribution in [0.3, 0.4) is 0 Å². The van der Waals surface area contributed by atoms with E-state index in [-0.39, 0.29) is 11.9 Å². The van der Waals surface area contributed by atoms with Crippen LogP contribution in [0.2, 0.25) is 0 Å². The van der Waals surface area contributed by atoms with Crippen LogP contribution in [0.5, 0.6) is 0 Å². The Hall–Kier alpha value is -0.870. The van der Waals surface area contributed by atoms with Crippen molar-refractivity contribution in [3.8, 4) is 0 Å². The standard InChI is InChI=1S/C17H25BrN2O/c1-12-7-3-6-10-16(12)20-17(21)11-19-13(2)14-8-4-5-9-15(14)18/h4-5,8-9,12-13,16,19H,3,6-7,10-11H2,1-2H3,(H,20,21)/t12-,13-,16-/m0/s1. The van der Waals surface area contributed by atoms with Gasteiger partial charge in [-0.1, -0.05) is 53.9 Å². The highest BCUT2D eigenvalue weighted by Gasteiger charge is 2.22. The minimum atomic E-state index is 0.104. The summed E-state index contributed by atoms with van der Waals surface area (Å²) in [6.07, 6.45) is 4.87. The van der Waals surface area contributed by atoms with Gasteiger partial charge in [-0.05, 0) is 37.3 Å². The van der Waals surface area contributed by atoms with Crippen LogP contribution >= 0.6 is 15.9 Å². The Morgan fingerprint density at radius 3 is 2.76 bits per heavy atom. The Balaban J connectivity index is 1.79. The minimum Gasteiger partial charge on any atom is -0.352 e. The summed E-state index contributed by atoms with van der Waals surface area (Å²) < 4.78 is 1.08. The monoisotopic (exact) mass is 352 g/mol. The molecule has 0 spiro atoms. The summed E-state index contributed by atoms with van der Waals surface area (Å²) in [7, 11) is 0. The number of hydrogen-bond donors (Lipinski definition) is 2. The average molecular weight is 353 g/mol. The molecule has 0 aromatic heterocycles. The topological polar surface area (TPSA) is 41.1 Å².